The molecule has 0 aliphatic rings. The number of alkyl halides is 3. The van der Waals surface area contributed by atoms with Gasteiger partial charge in [0.2, 0.25) is 0 Å². The number of carbonyl (C=O) groups is 1. The van der Waals surface area contributed by atoms with E-state index in [-0.39, 0.29) is 6.54 Å². The van der Waals surface area contributed by atoms with Crippen LogP contribution in [0.1, 0.15) is 19.8 Å². The molecular formula is C9H16F3NO3. The third-order valence-electron chi connectivity index (χ3n) is 2.04. The Kier molecular flexibility index (Phi) is 6.35. The number of carboxylic acids is 1. The standard InChI is InChI=1S/C9H16F3NO3/c1-2-3-6(14)4-13-5-7(8(15)16)9(10,11)12/h6-7,13-14H,2-5H2,1H3,(H,15,16). The lowest BCUT2D eigenvalue weighted by Crippen LogP contribution is -2.41. The lowest BCUT2D eigenvalue weighted by molar-refractivity contribution is -0.192. The molecule has 0 radical (unpaired) electrons. The number of hydrogen-bond donors (Lipinski definition) is 3. The number of nitrogens with one attached hydrogen (secondary N) is 1. The molecule has 0 saturated heterocycles. The molecule has 96 valence electrons. The van der Waals surface area contributed by atoms with Crippen molar-refractivity contribution in [3.8, 4) is 0 Å². The van der Waals surface area contributed by atoms with E-state index in [0.717, 1.165) is 0 Å². The molecule has 0 aliphatic heterocycles. The highest BCUT2D eigenvalue weighted by Gasteiger charge is 2.44. The first-order valence-electron chi connectivity index (χ1n) is 4.97. The van der Waals surface area contributed by atoms with Gasteiger partial charge in [-0.1, -0.05) is 13.3 Å². The number of aliphatic carboxylic acids is 1. The van der Waals surface area contributed by atoms with Gasteiger partial charge in [-0.2, -0.15) is 13.2 Å². The first kappa shape index (κ1) is 15.2. The van der Waals surface area contributed by atoms with Gasteiger partial charge in [0.1, 0.15) is 0 Å². The smallest absolute Gasteiger partial charge is 0.403 e. The predicted molar refractivity (Wildman–Crippen MR) is 51.0 cm³/mol. The highest BCUT2D eigenvalue weighted by atomic mass is 19.4. The average molecular weight is 243 g/mol. The largest absolute Gasteiger partial charge is 0.481 e. The van der Waals surface area contributed by atoms with Crippen molar-refractivity contribution in [3.63, 3.8) is 0 Å². The van der Waals surface area contributed by atoms with Crippen LogP contribution >= 0.6 is 0 Å². The van der Waals surface area contributed by atoms with Gasteiger partial charge in [-0.3, -0.25) is 4.79 Å². The van der Waals surface area contributed by atoms with Crippen molar-refractivity contribution < 1.29 is 28.2 Å². The lowest BCUT2D eigenvalue weighted by atomic mass is 10.1. The van der Waals surface area contributed by atoms with Crippen molar-refractivity contribution in [2.45, 2.75) is 32.0 Å². The van der Waals surface area contributed by atoms with Gasteiger partial charge in [-0.05, 0) is 6.42 Å². The third-order valence-corrected chi connectivity index (χ3v) is 2.04. The first-order chi connectivity index (χ1) is 7.29. The summed E-state index contributed by atoms with van der Waals surface area (Å²) in [6, 6.07) is 0. The molecule has 7 heteroatoms. The van der Waals surface area contributed by atoms with Crippen LogP contribution in [0.4, 0.5) is 13.2 Å². The number of carboxylic acid groups (broad SMARTS) is 1. The maximum Gasteiger partial charge on any atom is 0.403 e. The van der Waals surface area contributed by atoms with Crippen molar-refractivity contribution in [1.29, 1.82) is 0 Å². The fraction of sp³-hybridized carbons (Fsp3) is 0.889. The van der Waals surface area contributed by atoms with Crippen LogP contribution in [0.3, 0.4) is 0 Å². The van der Waals surface area contributed by atoms with Crippen molar-refractivity contribution in [3.05, 3.63) is 0 Å². The normalized spacial score (nSPS) is 15.8. The van der Waals surface area contributed by atoms with E-state index in [2.05, 4.69) is 5.32 Å². The highest BCUT2D eigenvalue weighted by Crippen LogP contribution is 2.25. The van der Waals surface area contributed by atoms with Crippen molar-refractivity contribution in [1.82, 2.24) is 5.32 Å². The first-order valence-corrected chi connectivity index (χ1v) is 4.97. The Morgan fingerprint density at radius 3 is 2.31 bits per heavy atom. The second-order valence-corrected chi connectivity index (χ2v) is 3.53. The van der Waals surface area contributed by atoms with Crippen LogP contribution in [-0.2, 0) is 4.79 Å². The number of hydrogen-bond acceptors (Lipinski definition) is 3. The van der Waals surface area contributed by atoms with Gasteiger partial charge in [0.25, 0.3) is 0 Å². The Labute approximate surface area is 91.5 Å². The van der Waals surface area contributed by atoms with Crippen LogP contribution in [0.25, 0.3) is 0 Å². The zero-order valence-corrected chi connectivity index (χ0v) is 8.92. The molecule has 0 aromatic carbocycles. The Hall–Kier alpha value is -0.820. The Bertz CT molecular complexity index is 221. The molecule has 0 aliphatic carbocycles. The van der Waals surface area contributed by atoms with E-state index in [1.807, 2.05) is 6.92 Å². The summed E-state index contributed by atoms with van der Waals surface area (Å²) in [7, 11) is 0. The molecule has 0 fully saturated rings. The summed E-state index contributed by atoms with van der Waals surface area (Å²) in [4.78, 5) is 10.3. The van der Waals surface area contributed by atoms with E-state index in [1.165, 1.54) is 0 Å². The maximum atomic E-state index is 12.2. The molecule has 2 atom stereocenters. The Morgan fingerprint density at radius 2 is 1.94 bits per heavy atom. The molecule has 0 aromatic rings. The van der Waals surface area contributed by atoms with Gasteiger partial charge in [0.05, 0.1) is 6.10 Å². The maximum absolute atomic E-state index is 12.2. The van der Waals surface area contributed by atoms with Gasteiger partial charge in [0.15, 0.2) is 5.92 Å². The van der Waals surface area contributed by atoms with Crippen LogP contribution in [0.5, 0.6) is 0 Å². The number of aliphatic hydroxyl groups excluding tert-OH is 1. The Morgan fingerprint density at radius 1 is 1.38 bits per heavy atom. The lowest BCUT2D eigenvalue weighted by Gasteiger charge is -2.17. The molecular weight excluding hydrogens is 227 g/mol. The molecule has 0 rings (SSSR count). The zero-order chi connectivity index (χ0) is 12.8. The van der Waals surface area contributed by atoms with Gasteiger partial charge in [0, 0.05) is 13.1 Å². The van der Waals surface area contributed by atoms with Crippen LogP contribution in [0.15, 0.2) is 0 Å². The van der Waals surface area contributed by atoms with Gasteiger partial charge >= 0.3 is 12.1 Å². The number of rotatable bonds is 7. The average Bonchev–Trinajstić information content (AvgIpc) is 2.10. The summed E-state index contributed by atoms with van der Waals surface area (Å²) in [5.41, 5.74) is 0. The number of halogens is 3. The van der Waals surface area contributed by atoms with Crippen LogP contribution < -0.4 is 5.32 Å². The van der Waals surface area contributed by atoms with Crippen molar-refractivity contribution in [2.75, 3.05) is 13.1 Å². The molecule has 0 bridgehead atoms. The molecule has 0 aromatic heterocycles. The van der Waals surface area contributed by atoms with E-state index < -0.39 is 30.7 Å². The molecule has 0 spiro atoms. The summed E-state index contributed by atoms with van der Waals surface area (Å²) in [6.45, 7) is 1.08. The summed E-state index contributed by atoms with van der Waals surface area (Å²) in [5, 5.41) is 19.9. The summed E-state index contributed by atoms with van der Waals surface area (Å²) < 4.78 is 36.5. The summed E-state index contributed by atoms with van der Waals surface area (Å²) in [5.74, 6) is -4.34. The van der Waals surface area contributed by atoms with Gasteiger partial charge in [-0.15, -0.1) is 0 Å². The molecule has 2 unspecified atom stereocenters. The van der Waals surface area contributed by atoms with Crippen LogP contribution in [-0.4, -0.2) is 41.6 Å². The minimum absolute atomic E-state index is 0.0340. The van der Waals surface area contributed by atoms with E-state index in [0.29, 0.717) is 12.8 Å². The molecule has 0 heterocycles. The topological polar surface area (TPSA) is 69.6 Å². The molecule has 4 nitrogen and oxygen atoms in total. The van der Waals surface area contributed by atoms with Crippen LogP contribution in [0, 0.1) is 5.92 Å². The van der Waals surface area contributed by atoms with Gasteiger partial charge < -0.3 is 15.5 Å². The van der Waals surface area contributed by atoms with E-state index in [4.69, 9.17) is 5.11 Å². The molecule has 3 N–H and O–H groups in total. The van der Waals surface area contributed by atoms with Crippen molar-refractivity contribution >= 4 is 5.97 Å². The van der Waals surface area contributed by atoms with E-state index in [9.17, 15) is 23.1 Å². The predicted octanol–water partition coefficient (Wildman–Crippen LogP) is 1.00. The molecule has 16 heavy (non-hydrogen) atoms. The van der Waals surface area contributed by atoms with Crippen LogP contribution in [0.2, 0.25) is 0 Å². The fourth-order valence-electron chi connectivity index (χ4n) is 1.17. The SMILES string of the molecule is CCCC(O)CNCC(C(=O)O)C(F)(F)F. The summed E-state index contributed by atoms with van der Waals surface area (Å²) >= 11 is 0. The molecule has 0 saturated carbocycles. The summed E-state index contributed by atoms with van der Waals surface area (Å²) in [6.07, 6.45) is -4.33. The second-order valence-electron chi connectivity index (χ2n) is 3.53. The third kappa shape index (κ3) is 5.92. The minimum Gasteiger partial charge on any atom is -0.481 e. The number of aliphatic hydroxyl groups is 1. The zero-order valence-electron chi connectivity index (χ0n) is 8.92. The van der Waals surface area contributed by atoms with Gasteiger partial charge in [-0.25, -0.2) is 0 Å². The monoisotopic (exact) mass is 243 g/mol. The second kappa shape index (κ2) is 6.70. The van der Waals surface area contributed by atoms with E-state index >= 15 is 0 Å². The quantitative estimate of drug-likeness (QED) is 0.624. The van der Waals surface area contributed by atoms with Crippen molar-refractivity contribution in [2.24, 2.45) is 5.92 Å². The fourth-order valence-corrected chi connectivity index (χ4v) is 1.17. The van der Waals surface area contributed by atoms with E-state index in [1.54, 1.807) is 0 Å². The Balaban J connectivity index is 4.00. The minimum atomic E-state index is -4.77. The molecule has 0 amide bonds. The highest BCUT2D eigenvalue weighted by molar-refractivity contribution is 5.71.